The molecule has 2 saturated carbocycles. The third-order valence-corrected chi connectivity index (χ3v) is 6.89. The summed E-state index contributed by atoms with van der Waals surface area (Å²) in [6.07, 6.45) is 5.21. The van der Waals surface area contributed by atoms with Crippen LogP contribution in [0.4, 0.5) is 14.6 Å². The number of carbonyl (C=O) groups is 1. The number of benzene rings is 1. The highest BCUT2D eigenvalue weighted by Gasteiger charge is 2.57. The summed E-state index contributed by atoms with van der Waals surface area (Å²) in [5.74, 6) is -0.118. The van der Waals surface area contributed by atoms with Crippen LogP contribution in [0.15, 0.2) is 42.6 Å². The molecule has 1 aromatic carbocycles. The molecule has 0 bridgehead atoms. The number of rotatable bonds is 10. The summed E-state index contributed by atoms with van der Waals surface area (Å²) >= 11 is 0. The lowest BCUT2D eigenvalue weighted by atomic mass is 9.94. The average molecular weight is 457 g/mol. The summed E-state index contributed by atoms with van der Waals surface area (Å²) in [7, 11) is 0. The van der Waals surface area contributed by atoms with Crippen molar-refractivity contribution in [2.45, 2.75) is 57.0 Å². The minimum absolute atomic E-state index is 0.0298. The van der Waals surface area contributed by atoms with E-state index in [9.17, 15) is 13.6 Å². The van der Waals surface area contributed by atoms with Gasteiger partial charge in [0.25, 0.3) is 5.92 Å². The number of nitrogens with zero attached hydrogens (tertiary/aromatic N) is 2. The molecule has 2 heterocycles. The molecule has 176 valence electrons. The number of alkyl halides is 2. The van der Waals surface area contributed by atoms with Crippen LogP contribution < -0.4 is 14.4 Å². The van der Waals surface area contributed by atoms with Gasteiger partial charge in [-0.25, -0.2) is 13.8 Å². The van der Waals surface area contributed by atoms with E-state index < -0.39 is 11.8 Å². The molecule has 7 heteroatoms. The molecule has 2 aliphatic carbocycles. The molecule has 0 N–H and O–H groups in total. The van der Waals surface area contributed by atoms with Crippen molar-refractivity contribution in [3.05, 3.63) is 48.2 Å². The van der Waals surface area contributed by atoms with Gasteiger partial charge in [-0.05, 0) is 48.6 Å². The van der Waals surface area contributed by atoms with Crippen molar-refractivity contribution in [2.24, 2.45) is 11.8 Å². The van der Waals surface area contributed by atoms with Crippen molar-refractivity contribution in [3.8, 4) is 11.5 Å². The standard InChI is InChI=1S/C26H30F2N2O3/c1-17(12-24(31)19-2-3-19)18-4-6-21(7-5-18)33-23-10-11-30(15-23)25-9-8-22(14-29-25)32-16-20-13-26(20,27)28/h4-9,14,17,19-20,23H,2-3,10-13,15-16H2,1H3/t17-,20?,23?/m1/s1. The van der Waals surface area contributed by atoms with Gasteiger partial charge in [0.1, 0.15) is 29.2 Å². The summed E-state index contributed by atoms with van der Waals surface area (Å²) in [5.41, 5.74) is 1.17. The normalized spacial score (nSPS) is 24.4. The second-order valence-electron chi connectivity index (χ2n) is 9.71. The summed E-state index contributed by atoms with van der Waals surface area (Å²) in [4.78, 5) is 18.7. The maximum atomic E-state index is 13.0. The van der Waals surface area contributed by atoms with E-state index in [1.54, 1.807) is 12.3 Å². The fourth-order valence-corrected chi connectivity index (χ4v) is 4.38. The van der Waals surface area contributed by atoms with E-state index in [0.29, 0.717) is 23.9 Å². The molecule has 2 unspecified atom stereocenters. The Kier molecular flexibility index (Phi) is 5.97. The van der Waals surface area contributed by atoms with Crippen LogP contribution in [0.2, 0.25) is 0 Å². The lowest BCUT2D eigenvalue weighted by Gasteiger charge is -2.19. The van der Waals surface area contributed by atoms with E-state index in [-0.39, 0.29) is 25.0 Å². The van der Waals surface area contributed by atoms with Crippen LogP contribution in [-0.2, 0) is 4.79 Å². The van der Waals surface area contributed by atoms with Crippen LogP contribution in [0.1, 0.15) is 50.5 Å². The number of Topliss-reactive ketones (excluding diaryl/α,β-unsaturated/α-hetero) is 1. The van der Waals surface area contributed by atoms with Crippen LogP contribution in [0, 0.1) is 11.8 Å². The quantitative estimate of drug-likeness (QED) is 0.489. The van der Waals surface area contributed by atoms with Crippen LogP contribution >= 0.6 is 0 Å². The molecule has 0 amide bonds. The number of hydrogen-bond donors (Lipinski definition) is 0. The Morgan fingerprint density at radius 1 is 1.15 bits per heavy atom. The van der Waals surface area contributed by atoms with Crippen molar-refractivity contribution in [1.82, 2.24) is 4.98 Å². The zero-order valence-corrected chi connectivity index (χ0v) is 18.9. The van der Waals surface area contributed by atoms with Crippen molar-refractivity contribution in [3.63, 3.8) is 0 Å². The number of pyridine rings is 1. The summed E-state index contributed by atoms with van der Waals surface area (Å²) in [6, 6.07) is 11.7. The molecule has 2 aromatic rings. The first-order chi connectivity index (χ1) is 15.9. The Labute approximate surface area is 193 Å². The Morgan fingerprint density at radius 2 is 1.88 bits per heavy atom. The fourth-order valence-electron chi connectivity index (χ4n) is 4.38. The maximum absolute atomic E-state index is 13.0. The summed E-state index contributed by atoms with van der Waals surface area (Å²) in [5, 5.41) is 0. The number of carbonyl (C=O) groups excluding carboxylic acids is 1. The van der Waals surface area contributed by atoms with Gasteiger partial charge in [0.15, 0.2) is 0 Å². The molecule has 5 rings (SSSR count). The van der Waals surface area contributed by atoms with Gasteiger partial charge in [-0.2, -0.15) is 0 Å². The number of anilines is 1. The molecule has 1 aliphatic heterocycles. The smallest absolute Gasteiger partial charge is 0.255 e. The third kappa shape index (κ3) is 5.45. The van der Waals surface area contributed by atoms with Gasteiger partial charge >= 0.3 is 0 Å². The number of ether oxygens (including phenoxy) is 2. The number of ketones is 1. The molecule has 1 aromatic heterocycles. The second kappa shape index (κ2) is 8.92. The third-order valence-electron chi connectivity index (χ3n) is 6.89. The first kappa shape index (κ1) is 22.1. The zero-order valence-electron chi connectivity index (χ0n) is 18.9. The van der Waals surface area contributed by atoms with Gasteiger partial charge in [-0.15, -0.1) is 0 Å². The fraction of sp³-hybridized carbons (Fsp3) is 0.538. The molecule has 0 spiro atoms. The second-order valence-corrected chi connectivity index (χ2v) is 9.71. The topological polar surface area (TPSA) is 51.7 Å². The molecule has 33 heavy (non-hydrogen) atoms. The van der Waals surface area contributed by atoms with Gasteiger partial charge in [0.2, 0.25) is 0 Å². The van der Waals surface area contributed by atoms with Crippen LogP contribution in [0.3, 0.4) is 0 Å². The molecular formula is C26H30F2N2O3. The largest absolute Gasteiger partial charge is 0.491 e. The SMILES string of the molecule is C[C@H](CC(=O)C1CC1)c1ccc(OC2CCN(c3ccc(OCC4CC4(F)F)cn3)C2)cc1. The Balaban J connectivity index is 1.09. The van der Waals surface area contributed by atoms with Gasteiger partial charge in [-0.3, -0.25) is 4.79 Å². The first-order valence-corrected chi connectivity index (χ1v) is 11.9. The molecular weight excluding hydrogens is 426 g/mol. The lowest BCUT2D eigenvalue weighted by Crippen LogP contribution is -2.25. The van der Waals surface area contributed by atoms with Crippen molar-refractivity contribution >= 4 is 11.6 Å². The summed E-state index contributed by atoms with van der Waals surface area (Å²) < 4.78 is 37.5. The van der Waals surface area contributed by atoms with E-state index in [4.69, 9.17) is 9.47 Å². The van der Waals surface area contributed by atoms with Gasteiger partial charge < -0.3 is 14.4 Å². The van der Waals surface area contributed by atoms with Crippen LogP contribution in [0.5, 0.6) is 11.5 Å². The number of aromatic nitrogens is 1. The van der Waals surface area contributed by atoms with Crippen molar-refractivity contribution in [2.75, 3.05) is 24.6 Å². The van der Waals surface area contributed by atoms with E-state index in [1.165, 1.54) is 5.56 Å². The minimum Gasteiger partial charge on any atom is -0.491 e. The molecule has 0 radical (unpaired) electrons. The van der Waals surface area contributed by atoms with Crippen molar-refractivity contribution in [1.29, 1.82) is 0 Å². The molecule has 5 nitrogen and oxygen atoms in total. The van der Waals surface area contributed by atoms with Crippen molar-refractivity contribution < 1.29 is 23.0 Å². The van der Waals surface area contributed by atoms with Gasteiger partial charge in [0.05, 0.1) is 25.3 Å². The molecule has 3 atom stereocenters. The van der Waals surface area contributed by atoms with E-state index in [0.717, 1.165) is 43.9 Å². The molecule has 3 fully saturated rings. The molecule has 1 saturated heterocycles. The average Bonchev–Trinajstić information content (AvgIpc) is 3.70. The Hall–Kier alpha value is -2.70. The van der Waals surface area contributed by atoms with Gasteiger partial charge in [-0.1, -0.05) is 19.1 Å². The number of hydrogen-bond acceptors (Lipinski definition) is 5. The highest BCUT2D eigenvalue weighted by atomic mass is 19.3. The monoisotopic (exact) mass is 456 g/mol. The Bertz CT molecular complexity index is 976. The highest BCUT2D eigenvalue weighted by Crippen LogP contribution is 2.48. The predicted octanol–water partition coefficient (Wildman–Crippen LogP) is 5.25. The van der Waals surface area contributed by atoms with E-state index in [2.05, 4.69) is 28.9 Å². The Morgan fingerprint density at radius 3 is 2.52 bits per heavy atom. The highest BCUT2D eigenvalue weighted by molar-refractivity contribution is 5.83. The van der Waals surface area contributed by atoms with E-state index in [1.807, 2.05) is 18.2 Å². The first-order valence-electron chi connectivity index (χ1n) is 11.9. The lowest BCUT2D eigenvalue weighted by molar-refractivity contribution is -0.120. The van der Waals surface area contributed by atoms with Crippen LogP contribution in [-0.4, -0.2) is 42.5 Å². The maximum Gasteiger partial charge on any atom is 0.255 e. The molecule has 3 aliphatic rings. The van der Waals surface area contributed by atoms with Crippen LogP contribution in [0.25, 0.3) is 0 Å². The number of halogens is 2. The minimum atomic E-state index is -2.56. The van der Waals surface area contributed by atoms with Gasteiger partial charge in [0, 0.05) is 31.7 Å². The predicted molar refractivity (Wildman–Crippen MR) is 121 cm³/mol. The van der Waals surface area contributed by atoms with E-state index >= 15 is 0 Å². The summed E-state index contributed by atoms with van der Waals surface area (Å²) in [6.45, 7) is 3.71. The zero-order chi connectivity index (χ0) is 23.0.